The Kier molecular flexibility index (Phi) is 43.2. The molecule has 0 saturated carbocycles. The predicted octanol–water partition coefficient (Wildman–Crippen LogP) is 16.1. The molecule has 0 aromatic carbocycles. The van der Waals surface area contributed by atoms with Crippen LogP contribution in [0, 0.1) is 17.8 Å². The van der Waals surface area contributed by atoms with Crippen LogP contribution in [0.4, 0.5) is 0 Å². The van der Waals surface area contributed by atoms with Crippen molar-refractivity contribution in [1.29, 1.82) is 0 Å². The molecule has 0 aromatic rings. The summed E-state index contributed by atoms with van der Waals surface area (Å²) in [7, 11) is 0. The molecule has 0 aliphatic rings. The lowest BCUT2D eigenvalue weighted by Crippen LogP contribution is -2.18. The monoisotopic (exact) mass is 709 g/mol. The summed E-state index contributed by atoms with van der Waals surface area (Å²) in [6.45, 7) is 10.7. The number of carbonyl (C=O) groups is 2. The van der Waals surface area contributed by atoms with Crippen LogP contribution in [0.1, 0.15) is 266 Å². The van der Waals surface area contributed by atoms with Gasteiger partial charge in [0.05, 0.1) is 11.8 Å². The van der Waals surface area contributed by atoms with Crippen molar-refractivity contribution in [3.63, 3.8) is 0 Å². The van der Waals surface area contributed by atoms with Crippen LogP contribution >= 0.6 is 0 Å². The number of hydrogen-bond acceptors (Lipinski definition) is 2. The van der Waals surface area contributed by atoms with Gasteiger partial charge < -0.3 is 10.2 Å². The lowest BCUT2D eigenvalue weighted by Gasteiger charge is -2.21. The van der Waals surface area contributed by atoms with Crippen LogP contribution < -0.4 is 0 Å². The third kappa shape index (κ3) is 39.7. The highest BCUT2D eigenvalue weighted by Gasteiger charge is 2.22. The van der Waals surface area contributed by atoms with Crippen molar-refractivity contribution in [3.8, 4) is 0 Å². The van der Waals surface area contributed by atoms with Crippen molar-refractivity contribution in [2.24, 2.45) is 17.8 Å². The van der Waals surface area contributed by atoms with E-state index in [0.717, 1.165) is 44.9 Å². The van der Waals surface area contributed by atoms with E-state index in [0.29, 0.717) is 5.92 Å². The smallest absolute Gasteiger partial charge is 0.306 e. The molecule has 4 heteroatoms. The zero-order valence-electron chi connectivity index (χ0n) is 34.9. The van der Waals surface area contributed by atoms with E-state index in [-0.39, 0.29) is 11.8 Å². The number of rotatable bonds is 39. The Morgan fingerprint density at radius 1 is 0.360 bits per heavy atom. The maximum absolute atomic E-state index is 12.2. The minimum Gasteiger partial charge on any atom is -0.481 e. The van der Waals surface area contributed by atoms with Gasteiger partial charge >= 0.3 is 11.9 Å². The van der Waals surface area contributed by atoms with Crippen LogP contribution in [0.2, 0.25) is 0 Å². The maximum atomic E-state index is 12.2. The summed E-state index contributed by atoms with van der Waals surface area (Å²) in [6.07, 6.45) is 46.5. The first-order valence-corrected chi connectivity index (χ1v) is 22.8. The standard InChI is InChI=1S/C38H76O2.C8H16O2/c1-4-7-10-13-16-19-21-24-27-30-33-36(32-29-26-23-18-15-12-9-6-3)35-37(38(39)40)34-31-28-25-22-20-17-14-11-8-5-2;1-3-4-5-6-7(2)8(9)10/h36-37H,4-35H2,1-3H3,(H,39,40);7H,3-6H2,1-2H3,(H,9,10). The number of carboxylic acid groups (broad SMARTS) is 2. The van der Waals surface area contributed by atoms with E-state index in [1.54, 1.807) is 6.92 Å². The number of hydrogen-bond donors (Lipinski definition) is 2. The van der Waals surface area contributed by atoms with Crippen molar-refractivity contribution >= 4 is 11.9 Å². The van der Waals surface area contributed by atoms with Crippen LogP contribution in [0.15, 0.2) is 0 Å². The van der Waals surface area contributed by atoms with Crippen LogP contribution in [0.25, 0.3) is 0 Å². The highest BCUT2D eigenvalue weighted by atomic mass is 16.4. The van der Waals surface area contributed by atoms with Gasteiger partial charge in [0.25, 0.3) is 0 Å². The van der Waals surface area contributed by atoms with Gasteiger partial charge in [-0.25, -0.2) is 0 Å². The van der Waals surface area contributed by atoms with Gasteiger partial charge in [-0.05, 0) is 25.2 Å². The fourth-order valence-electron chi connectivity index (χ4n) is 7.31. The first-order chi connectivity index (χ1) is 24.3. The molecule has 0 amide bonds. The van der Waals surface area contributed by atoms with Crippen molar-refractivity contribution in [2.45, 2.75) is 266 Å². The Morgan fingerprint density at radius 2 is 0.620 bits per heavy atom. The average Bonchev–Trinajstić information content (AvgIpc) is 3.10. The van der Waals surface area contributed by atoms with E-state index in [2.05, 4.69) is 27.7 Å². The average molecular weight is 709 g/mol. The van der Waals surface area contributed by atoms with Crippen molar-refractivity contribution in [3.05, 3.63) is 0 Å². The molecule has 4 nitrogen and oxygen atoms in total. The van der Waals surface area contributed by atoms with E-state index >= 15 is 0 Å². The molecule has 0 aliphatic carbocycles. The van der Waals surface area contributed by atoms with Gasteiger partial charge in [0.15, 0.2) is 0 Å². The molecule has 0 aromatic heterocycles. The molecule has 3 atom stereocenters. The normalized spacial score (nSPS) is 13.1. The van der Waals surface area contributed by atoms with Crippen LogP contribution in [-0.4, -0.2) is 22.2 Å². The topological polar surface area (TPSA) is 74.6 Å². The summed E-state index contributed by atoms with van der Waals surface area (Å²) in [5.41, 5.74) is 0. The maximum Gasteiger partial charge on any atom is 0.306 e. The Labute approximate surface area is 314 Å². The van der Waals surface area contributed by atoms with Gasteiger partial charge in [-0.15, -0.1) is 0 Å². The Morgan fingerprint density at radius 3 is 0.920 bits per heavy atom. The first kappa shape index (κ1) is 51.0. The highest BCUT2D eigenvalue weighted by molar-refractivity contribution is 5.70. The fourth-order valence-corrected chi connectivity index (χ4v) is 7.31. The molecule has 0 aliphatic heterocycles. The summed E-state index contributed by atoms with van der Waals surface area (Å²) in [5.74, 6) is -0.850. The second kappa shape index (κ2) is 42.4. The van der Waals surface area contributed by atoms with Gasteiger partial charge in [0, 0.05) is 0 Å². The highest BCUT2D eigenvalue weighted by Crippen LogP contribution is 2.28. The van der Waals surface area contributed by atoms with Gasteiger partial charge in [-0.1, -0.05) is 247 Å². The van der Waals surface area contributed by atoms with Gasteiger partial charge in [-0.2, -0.15) is 0 Å². The summed E-state index contributed by atoms with van der Waals surface area (Å²) in [5, 5.41) is 18.5. The fraction of sp³-hybridized carbons (Fsp3) is 0.957. The molecule has 0 bridgehead atoms. The van der Waals surface area contributed by atoms with Crippen LogP contribution in [-0.2, 0) is 9.59 Å². The van der Waals surface area contributed by atoms with E-state index in [1.165, 1.54) is 186 Å². The zero-order valence-corrected chi connectivity index (χ0v) is 34.9. The molecule has 0 rings (SSSR count). The minimum absolute atomic E-state index is 0.115. The third-order valence-electron chi connectivity index (χ3n) is 11.0. The second-order valence-corrected chi connectivity index (χ2v) is 16.1. The number of unbranched alkanes of at least 4 members (excludes halogenated alkanes) is 27. The summed E-state index contributed by atoms with van der Waals surface area (Å²) >= 11 is 0. The lowest BCUT2D eigenvalue weighted by atomic mass is 9.84. The zero-order chi connectivity index (χ0) is 37.3. The van der Waals surface area contributed by atoms with Gasteiger partial charge in [0.2, 0.25) is 0 Å². The Bertz CT molecular complexity index is 677. The summed E-state index contributed by atoms with van der Waals surface area (Å²) < 4.78 is 0. The Hall–Kier alpha value is -1.06. The summed E-state index contributed by atoms with van der Waals surface area (Å²) in [4.78, 5) is 22.5. The van der Waals surface area contributed by atoms with Crippen LogP contribution in [0.3, 0.4) is 0 Å². The molecule has 2 N–H and O–H groups in total. The molecular weight excluding hydrogens is 617 g/mol. The molecule has 0 fully saturated rings. The van der Waals surface area contributed by atoms with Gasteiger partial charge in [0.1, 0.15) is 0 Å². The Balaban J connectivity index is 0. The molecular formula is C46H92O4. The lowest BCUT2D eigenvalue weighted by molar-refractivity contribution is -0.143. The number of carboxylic acids is 2. The predicted molar refractivity (Wildman–Crippen MR) is 220 cm³/mol. The van der Waals surface area contributed by atoms with Gasteiger partial charge in [-0.3, -0.25) is 9.59 Å². The molecule has 50 heavy (non-hydrogen) atoms. The first-order valence-electron chi connectivity index (χ1n) is 22.8. The quantitative estimate of drug-likeness (QED) is 0.0623. The molecule has 0 radical (unpaired) electrons. The van der Waals surface area contributed by atoms with E-state index in [9.17, 15) is 14.7 Å². The van der Waals surface area contributed by atoms with Crippen molar-refractivity contribution < 1.29 is 19.8 Å². The largest absolute Gasteiger partial charge is 0.481 e. The molecule has 300 valence electrons. The minimum atomic E-state index is -0.670. The number of aliphatic carboxylic acids is 2. The van der Waals surface area contributed by atoms with Crippen molar-refractivity contribution in [1.82, 2.24) is 0 Å². The van der Waals surface area contributed by atoms with Crippen LogP contribution in [0.5, 0.6) is 0 Å². The molecule has 0 saturated heterocycles. The summed E-state index contributed by atoms with van der Waals surface area (Å²) in [6, 6.07) is 0. The third-order valence-corrected chi connectivity index (χ3v) is 11.0. The SMILES string of the molecule is CCCCCC(C)C(=O)O.CCCCCCCCCCCCC(CCCCCCCCCC)CC(CCCCCCCCCCCC)C(=O)O. The van der Waals surface area contributed by atoms with E-state index < -0.39 is 11.9 Å². The van der Waals surface area contributed by atoms with E-state index in [1.807, 2.05) is 0 Å². The van der Waals surface area contributed by atoms with E-state index in [4.69, 9.17) is 5.11 Å². The molecule has 3 unspecified atom stereocenters. The molecule has 0 heterocycles. The second-order valence-electron chi connectivity index (χ2n) is 16.1. The van der Waals surface area contributed by atoms with Crippen molar-refractivity contribution in [2.75, 3.05) is 0 Å². The molecule has 0 spiro atoms.